The minimum atomic E-state index is 0.752. The Bertz CT molecular complexity index is 368. The molecule has 0 aliphatic heterocycles. The fourth-order valence-electron chi connectivity index (χ4n) is 4.85. The lowest BCUT2D eigenvalue weighted by Gasteiger charge is -2.16. The molecule has 0 rings (SSSR count). The normalized spacial score (nSPS) is 15.7. The maximum absolute atomic E-state index is 5.83. The van der Waals surface area contributed by atoms with Gasteiger partial charge in [0.1, 0.15) is 0 Å². The quantitative estimate of drug-likeness (QED) is 0.120. The van der Waals surface area contributed by atoms with Crippen molar-refractivity contribution >= 4 is 0 Å². The average molecular weight is 483 g/mol. The molecule has 0 aromatic carbocycles. The highest BCUT2D eigenvalue weighted by atomic mass is 16.5. The van der Waals surface area contributed by atoms with Crippen LogP contribution in [0.15, 0.2) is 0 Å². The van der Waals surface area contributed by atoms with Gasteiger partial charge in [0.05, 0.1) is 13.2 Å². The Morgan fingerprint density at radius 2 is 0.588 bits per heavy atom. The highest BCUT2D eigenvalue weighted by molar-refractivity contribution is 4.60. The zero-order valence-electron chi connectivity index (χ0n) is 25.0. The van der Waals surface area contributed by atoms with E-state index in [0.717, 1.165) is 61.9 Å². The van der Waals surface area contributed by atoms with Gasteiger partial charge in [0, 0.05) is 13.2 Å². The van der Waals surface area contributed by atoms with Gasteiger partial charge in [0.15, 0.2) is 0 Å². The minimum absolute atomic E-state index is 0.752. The summed E-state index contributed by atoms with van der Waals surface area (Å²) in [5.41, 5.74) is 0. The summed E-state index contributed by atoms with van der Waals surface area (Å²) in [6, 6.07) is 0. The van der Waals surface area contributed by atoms with Crippen LogP contribution in [0.25, 0.3) is 0 Å². The summed E-state index contributed by atoms with van der Waals surface area (Å²) in [6.07, 6.45) is 19.0. The average Bonchev–Trinajstić information content (AvgIpc) is 2.75. The highest BCUT2D eigenvalue weighted by Gasteiger charge is 2.08. The molecule has 0 saturated heterocycles. The molecule has 0 fully saturated rings. The summed E-state index contributed by atoms with van der Waals surface area (Å²) < 4.78 is 11.7. The SMILES string of the molecule is CC(C)CCCC(C)CCCC(C)CCOCCOCCC(C)CCCC(C)CCCC(C)C. The maximum Gasteiger partial charge on any atom is 0.0700 e. The van der Waals surface area contributed by atoms with Crippen LogP contribution >= 0.6 is 0 Å². The van der Waals surface area contributed by atoms with Crippen LogP contribution in [0.5, 0.6) is 0 Å². The third kappa shape index (κ3) is 25.0. The van der Waals surface area contributed by atoms with Crippen LogP contribution in [0.3, 0.4) is 0 Å². The molecule has 0 aliphatic carbocycles. The largest absolute Gasteiger partial charge is 0.379 e. The molecule has 0 saturated carbocycles. The van der Waals surface area contributed by atoms with E-state index in [1.165, 1.54) is 89.9 Å². The summed E-state index contributed by atoms with van der Waals surface area (Å²) in [5.74, 6) is 5.06. The molecule has 0 amide bonds. The first-order valence-electron chi connectivity index (χ1n) is 15.4. The van der Waals surface area contributed by atoms with E-state index in [4.69, 9.17) is 9.47 Å². The van der Waals surface area contributed by atoms with Gasteiger partial charge in [0.2, 0.25) is 0 Å². The molecule has 0 bridgehead atoms. The van der Waals surface area contributed by atoms with E-state index in [-0.39, 0.29) is 0 Å². The summed E-state index contributed by atoms with van der Waals surface area (Å²) in [4.78, 5) is 0. The molecule has 0 radical (unpaired) electrons. The van der Waals surface area contributed by atoms with Gasteiger partial charge in [0.25, 0.3) is 0 Å². The van der Waals surface area contributed by atoms with E-state index in [9.17, 15) is 0 Å². The molecule has 4 atom stereocenters. The molecule has 0 spiro atoms. The van der Waals surface area contributed by atoms with Crippen molar-refractivity contribution in [2.75, 3.05) is 26.4 Å². The first kappa shape index (κ1) is 33.9. The first-order chi connectivity index (χ1) is 16.2. The van der Waals surface area contributed by atoms with Crippen molar-refractivity contribution in [3.8, 4) is 0 Å². The van der Waals surface area contributed by atoms with Crippen LogP contribution in [0.4, 0.5) is 0 Å². The van der Waals surface area contributed by atoms with Crippen LogP contribution < -0.4 is 0 Å². The van der Waals surface area contributed by atoms with E-state index in [0.29, 0.717) is 0 Å². The third-order valence-corrected chi connectivity index (χ3v) is 7.63. The predicted octanol–water partition coefficient (Wildman–Crippen LogP) is 10.3. The Kier molecular flexibility index (Phi) is 23.3. The minimum Gasteiger partial charge on any atom is -0.379 e. The number of hydrogen-bond acceptors (Lipinski definition) is 2. The lowest BCUT2D eigenvalue weighted by Crippen LogP contribution is -2.10. The van der Waals surface area contributed by atoms with Crippen LogP contribution in [0, 0.1) is 35.5 Å². The topological polar surface area (TPSA) is 18.5 Å². The molecular weight excluding hydrogens is 416 g/mol. The molecular formula is C32H66O2. The summed E-state index contributed by atoms with van der Waals surface area (Å²) in [7, 11) is 0. The molecule has 206 valence electrons. The molecule has 34 heavy (non-hydrogen) atoms. The number of hydrogen-bond donors (Lipinski definition) is 0. The fraction of sp³-hybridized carbons (Fsp3) is 1.00. The van der Waals surface area contributed by atoms with E-state index >= 15 is 0 Å². The van der Waals surface area contributed by atoms with Crippen molar-refractivity contribution in [3.05, 3.63) is 0 Å². The monoisotopic (exact) mass is 483 g/mol. The van der Waals surface area contributed by atoms with Crippen LogP contribution in [0.1, 0.15) is 145 Å². The Morgan fingerprint density at radius 3 is 0.882 bits per heavy atom. The zero-order valence-corrected chi connectivity index (χ0v) is 25.0. The fourth-order valence-corrected chi connectivity index (χ4v) is 4.85. The second-order valence-electron chi connectivity index (χ2n) is 12.7. The Labute approximate surface area is 216 Å². The van der Waals surface area contributed by atoms with E-state index < -0.39 is 0 Å². The standard InChI is InChI=1S/C32H66O2/c1-27(2)13-9-15-29(5)17-11-19-31(7)21-23-33-25-26-34-24-22-32(8)20-12-18-30(6)16-10-14-28(3)4/h27-32H,9-26H2,1-8H3. The molecule has 0 N–H and O–H groups in total. The van der Waals surface area contributed by atoms with Crippen molar-refractivity contribution in [1.82, 2.24) is 0 Å². The van der Waals surface area contributed by atoms with Gasteiger partial charge < -0.3 is 9.47 Å². The summed E-state index contributed by atoms with van der Waals surface area (Å²) in [6.45, 7) is 22.3. The number of ether oxygens (including phenoxy) is 2. The predicted molar refractivity (Wildman–Crippen MR) is 153 cm³/mol. The van der Waals surface area contributed by atoms with E-state index in [1.54, 1.807) is 0 Å². The van der Waals surface area contributed by atoms with Gasteiger partial charge in [-0.05, 0) is 48.3 Å². The number of rotatable bonds is 25. The molecule has 0 aromatic rings. The van der Waals surface area contributed by atoms with Gasteiger partial charge in [-0.2, -0.15) is 0 Å². The van der Waals surface area contributed by atoms with Crippen molar-refractivity contribution in [2.45, 2.75) is 145 Å². The van der Waals surface area contributed by atoms with Crippen molar-refractivity contribution < 1.29 is 9.47 Å². The Morgan fingerprint density at radius 1 is 0.324 bits per heavy atom. The molecule has 2 nitrogen and oxygen atoms in total. The van der Waals surface area contributed by atoms with Crippen molar-refractivity contribution in [3.63, 3.8) is 0 Å². The lowest BCUT2D eigenvalue weighted by molar-refractivity contribution is 0.0387. The van der Waals surface area contributed by atoms with Gasteiger partial charge >= 0.3 is 0 Å². The van der Waals surface area contributed by atoms with Crippen LogP contribution in [-0.2, 0) is 9.47 Å². The smallest absolute Gasteiger partial charge is 0.0700 e. The molecule has 4 unspecified atom stereocenters. The van der Waals surface area contributed by atoms with Crippen molar-refractivity contribution in [1.29, 1.82) is 0 Å². The van der Waals surface area contributed by atoms with Gasteiger partial charge in [-0.3, -0.25) is 0 Å². The second kappa shape index (κ2) is 23.3. The van der Waals surface area contributed by atoms with Gasteiger partial charge in [-0.1, -0.05) is 132 Å². The van der Waals surface area contributed by atoms with Crippen LogP contribution in [0.2, 0.25) is 0 Å². The van der Waals surface area contributed by atoms with Crippen molar-refractivity contribution in [2.24, 2.45) is 35.5 Å². The van der Waals surface area contributed by atoms with Gasteiger partial charge in [-0.15, -0.1) is 0 Å². The second-order valence-corrected chi connectivity index (χ2v) is 12.7. The van der Waals surface area contributed by atoms with E-state index in [1.807, 2.05) is 0 Å². The lowest BCUT2D eigenvalue weighted by atomic mass is 9.93. The van der Waals surface area contributed by atoms with E-state index in [2.05, 4.69) is 55.4 Å². The first-order valence-corrected chi connectivity index (χ1v) is 15.4. The Balaban J connectivity index is 3.44. The third-order valence-electron chi connectivity index (χ3n) is 7.63. The summed E-state index contributed by atoms with van der Waals surface area (Å²) >= 11 is 0. The molecule has 0 aliphatic rings. The molecule has 0 aromatic heterocycles. The highest BCUT2D eigenvalue weighted by Crippen LogP contribution is 2.21. The maximum atomic E-state index is 5.83. The Hall–Kier alpha value is -0.0800. The van der Waals surface area contributed by atoms with Gasteiger partial charge in [-0.25, -0.2) is 0 Å². The molecule has 2 heteroatoms. The summed E-state index contributed by atoms with van der Waals surface area (Å²) in [5, 5.41) is 0. The zero-order chi connectivity index (χ0) is 25.6. The molecule has 0 heterocycles. The van der Waals surface area contributed by atoms with Crippen LogP contribution in [-0.4, -0.2) is 26.4 Å².